The SMILES string of the molecule is Nc1noc2ccc(N3CCC(C(=O)N4CCCC4)C3C(=O)Nc3ccc(-c4ccccc4S(N)(=O)=O)cc3)cc12. The molecule has 0 aliphatic carbocycles. The highest BCUT2D eigenvalue weighted by molar-refractivity contribution is 7.89. The minimum atomic E-state index is -3.92. The van der Waals surface area contributed by atoms with Gasteiger partial charge in [0.25, 0.3) is 0 Å². The van der Waals surface area contributed by atoms with Gasteiger partial charge in [-0.15, -0.1) is 0 Å². The predicted octanol–water partition coefficient (Wildman–Crippen LogP) is 3.18. The summed E-state index contributed by atoms with van der Waals surface area (Å²) < 4.78 is 29.4. The first-order valence-electron chi connectivity index (χ1n) is 13.4. The molecule has 3 aromatic carbocycles. The van der Waals surface area contributed by atoms with E-state index >= 15 is 0 Å². The van der Waals surface area contributed by atoms with Crippen molar-refractivity contribution in [2.75, 3.05) is 35.6 Å². The van der Waals surface area contributed by atoms with Crippen molar-refractivity contribution in [3.63, 3.8) is 0 Å². The zero-order valence-electron chi connectivity index (χ0n) is 22.2. The van der Waals surface area contributed by atoms with Gasteiger partial charge in [-0.25, -0.2) is 13.6 Å². The molecule has 6 rings (SSSR count). The van der Waals surface area contributed by atoms with Gasteiger partial charge >= 0.3 is 0 Å². The summed E-state index contributed by atoms with van der Waals surface area (Å²) in [4.78, 5) is 31.2. The monoisotopic (exact) mass is 574 g/mol. The van der Waals surface area contributed by atoms with Crippen molar-refractivity contribution < 1.29 is 22.5 Å². The second-order valence-corrected chi connectivity index (χ2v) is 12.0. The molecule has 2 aliphatic heterocycles. The smallest absolute Gasteiger partial charge is 0.247 e. The topological polar surface area (TPSA) is 165 Å². The first-order chi connectivity index (χ1) is 19.7. The van der Waals surface area contributed by atoms with Crippen molar-refractivity contribution in [1.82, 2.24) is 10.1 Å². The largest absolute Gasteiger partial charge is 0.380 e. The molecule has 212 valence electrons. The molecule has 2 fully saturated rings. The maximum atomic E-state index is 13.9. The van der Waals surface area contributed by atoms with Crippen molar-refractivity contribution in [2.45, 2.75) is 30.2 Å². The molecule has 12 heteroatoms. The number of hydrogen-bond donors (Lipinski definition) is 3. The molecule has 0 saturated carbocycles. The van der Waals surface area contributed by atoms with Gasteiger partial charge in [0.2, 0.25) is 21.8 Å². The summed E-state index contributed by atoms with van der Waals surface area (Å²) in [6.07, 6.45) is 2.46. The maximum absolute atomic E-state index is 13.9. The molecule has 2 saturated heterocycles. The van der Waals surface area contributed by atoms with Crippen LogP contribution in [0.2, 0.25) is 0 Å². The highest BCUT2D eigenvalue weighted by atomic mass is 32.2. The van der Waals surface area contributed by atoms with Crippen molar-refractivity contribution >= 4 is 50.0 Å². The first kappa shape index (κ1) is 26.8. The molecule has 4 aromatic rings. The Kier molecular flexibility index (Phi) is 6.88. The number of likely N-dealkylation sites (tertiary alicyclic amines) is 1. The molecular formula is C29H30N6O5S. The number of carbonyl (C=O) groups is 2. The van der Waals surface area contributed by atoms with E-state index in [1.807, 2.05) is 21.9 Å². The van der Waals surface area contributed by atoms with Gasteiger partial charge in [0, 0.05) is 36.6 Å². The van der Waals surface area contributed by atoms with Crippen LogP contribution < -0.4 is 21.1 Å². The van der Waals surface area contributed by atoms with Gasteiger partial charge in [0.15, 0.2) is 11.4 Å². The fourth-order valence-electron chi connectivity index (χ4n) is 5.86. The number of sulfonamides is 1. The number of nitrogens with zero attached hydrogens (tertiary/aromatic N) is 3. The van der Waals surface area contributed by atoms with E-state index in [9.17, 15) is 18.0 Å². The number of benzene rings is 3. The van der Waals surface area contributed by atoms with Gasteiger partial charge in [0.05, 0.1) is 16.2 Å². The van der Waals surface area contributed by atoms with E-state index in [1.165, 1.54) is 6.07 Å². The lowest BCUT2D eigenvalue weighted by Crippen LogP contribution is -2.48. The third-order valence-corrected chi connectivity index (χ3v) is 8.84. The minimum Gasteiger partial charge on any atom is -0.380 e. The third kappa shape index (κ3) is 5.11. The zero-order valence-corrected chi connectivity index (χ0v) is 23.0. The van der Waals surface area contributed by atoms with Crippen LogP contribution in [0.3, 0.4) is 0 Å². The van der Waals surface area contributed by atoms with Gasteiger partial charge in [0.1, 0.15) is 6.04 Å². The molecule has 0 spiro atoms. The Morgan fingerprint density at radius 2 is 1.71 bits per heavy atom. The van der Waals surface area contributed by atoms with E-state index in [1.54, 1.807) is 48.5 Å². The van der Waals surface area contributed by atoms with Crippen LogP contribution in [0.5, 0.6) is 0 Å². The van der Waals surface area contributed by atoms with Crippen LogP contribution in [0.25, 0.3) is 22.1 Å². The quantitative estimate of drug-likeness (QED) is 0.316. The molecule has 1 aromatic heterocycles. The van der Waals surface area contributed by atoms with Crippen LogP contribution in [-0.4, -0.2) is 56.0 Å². The standard InChI is InChI=1S/C29H30N6O5S/c30-27-23-17-20(11-12-24(23)40-33-27)35-16-13-22(29(37)34-14-3-4-15-34)26(35)28(36)32-19-9-7-18(8-10-19)21-5-1-2-6-25(21)41(31,38)39/h1-2,5-12,17,22,26H,3-4,13-16H2,(H2,30,33)(H,32,36)(H2,31,38,39). The molecule has 2 atom stereocenters. The van der Waals surface area contributed by atoms with E-state index in [0.717, 1.165) is 18.5 Å². The van der Waals surface area contributed by atoms with E-state index in [0.29, 0.717) is 53.8 Å². The molecule has 0 radical (unpaired) electrons. The molecule has 5 N–H and O–H groups in total. The maximum Gasteiger partial charge on any atom is 0.247 e. The Balaban J connectivity index is 1.29. The summed E-state index contributed by atoms with van der Waals surface area (Å²) >= 11 is 0. The molecule has 2 unspecified atom stereocenters. The van der Waals surface area contributed by atoms with Crippen LogP contribution in [0.15, 0.2) is 76.1 Å². The number of rotatable bonds is 6. The van der Waals surface area contributed by atoms with E-state index in [-0.39, 0.29) is 22.5 Å². The number of primary sulfonamides is 1. The van der Waals surface area contributed by atoms with Crippen LogP contribution in [0.4, 0.5) is 17.2 Å². The number of nitrogens with one attached hydrogen (secondary N) is 1. The minimum absolute atomic E-state index is 0.00864. The fraction of sp³-hybridized carbons (Fsp3) is 0.276. The van der Waals surface area contributed by atoms with Crippen LogP contribution in [-0.2, 0) is 19.6 Å². The van der Waals surface area contributed by atoms with E-state index < -0.39 is 22.0 Å². The lowest BCUT2D eigenvalue weighted by Gasteiger charge is -2.30. The Hall–Kier alpha value is -4.42. The molecular weight excluding hydrogens is 544 g/mol. The highest BCUT2D eigenvalue weighted by Crippen LogP contribution is 2.36. The third-order valence-electron chi connectivity index (χ3n) is 7.87. The van der Waals surface area contributed by atoms with Gasteiger partial charge < -0.3 is 25.4 Å². The van der Waals surface area contributed by atoms with Crippen molar-refractivity contribution in [2.24, 2.45) is 11.1 Å². The summed E-state index contributed by atoms with van der Waals surface area (Å²) in [5, 5.41) is 12.8. The molecule has 0 bridgehead atoms. The van der Waals surface area contributed by atoms with Gasteiger partial charge in [-0.2, -0.15) is 0 Å². The van der Waals surface area contributed by atoms with Crippen LogP contribution >= 0.6 is 0 Å². The number of fused-ring (bicyclic) bond motifs is 1. The lowest BCUT2D eigenvalue weighted by molar-refractivity contribution is -0.136. The summed E-state index contributed by atoms with van der Waals surface area (Å²) in [7, 11) is -3.92. The Labute approximate surface area is 237 Å². The average molecular weight is 575 g/mol. The van der Waals surface area contributed by atoms with Gasteiger partial charge in [-0.05, 0) is 61.2 Å². The zero-order chi connectivity index (χ0) is 28.7. The molecule has 2 aliphatic rings. The van der Waals surface area contributed by atoms with E-state index in [4.69, 9.17) is 15.4 Å². The summed E-state index contributed by atoms with van der Waals surface area (Å²) in [6.45, 7) is 1.92. The van der Waals surface area contributed by atoms with Crippen molar-refractivity contribution in [3.8, 4) is 11.1 Å². The molecule has 2 amide bonds. The van der Waals surface area contributed by atoms with Crippen LogP contribution in [0.1, 0.15) is 19.3 Å². The number of nitrogens with two attached hydrogens (primary N) is 2. The second-order valence-electron chi connectivity index (χ2n) is 10.4. The summed E-state index contributed by atoms with van der Waals surface area (Å²) in [5.41, 5.74) is 8.89. The number of aromatic nitrogens is 1. The summed E-state index contributed by atoms with van der Waals surface area (Å²) in [6, 6.07) is 18.0. The number of hydrogen-bond acceptors (Lipinski definition) is 8. The van der Waals surface area contributed by atoms with Gasteiger partial charge in [-0.1, -0.05) is 35.5 Å². The lowest BCUT2D eigenvalue weighted by atomic mass is 9.97. The van der Waals surface area contributed by atoms with Crippen LogP contribution in [0, 0.1) is 5.92 Å². The number of nitrogen functional groups attached to an aromatic ring is 1. The normalized spacial score (nSPS) is 19.1. The molecule has 11 nitrogen and oxygen atoms in total. The Morgan fingerprint density at radius 1 is 0.976 bits per heavy atom. The second kappa shape index (κ2) is 10.5. The molecule has 41 heavy (non-hydrogen) atoms. The fourth-order valence-corrected chi connectivity index (χ4v) is 6.62. The summed E-state index contributed by atoms with van der Waals surface area (Å²) in [5.74, 6) is -0.567. The van der Waals surface area contributed by atoms with Gasteiger partial charge in [-0.3, -0.25) is 9.59 Å². The first-order valence-corrected chi connectivity index (χ1v) is 15.0. The molecule has 3 heterocycles. The van der Waals surface area contributed by atoms with Crippen molar-refractivity contribution in [1.29, 1.82) is 0 Å². The Bertz CT molecular complexity index is 1730. The van der Waals surface area contributed by atoms with Crippen molar-refractivity contribution in [3.05, 3.63) is 66.7 Å². The average Bonchev–Trinajstić information content (AvgIpc) is 3.73. The number of anilines is 3. The number of amides is 2. The predicted molar refractivity (Wildman–Crippen MR) is 155 cm³/mol. The Morgan fingerprint density at radius 3 is 2.44 bits per heavy atom. The number of carbonyl (C=O) groups excluding carboxylic acids is 2. The highest BCUT2D eigenvalue weighted by Gasteiger charge is 2.45. The van der Waals surface area contributed by atoms with E-state index in [2.05, 4.69) is 10.5 Å².